The van der Waals surface area contributed by atoms with Gasteiger partial charge in [0.25, 0.3) is 5.69 Å². The lowest BCUT2D eigenvalue weighted by molar-refractivity contribution is -0.422. The van der Waals surface area contributed by atoms with Crippen LogP contribution in [0.2, 0.25) is 13.1 Å². The van der Waals surface area contributed by atoms with Crippen molar-refractivity contribution in [2.24, 2.45) is 0 Å². The van der Waals surface area contributed by atoms with Gasteiger partial charge in [-0.1, -0.05) is 31.8 Å². The van der Waals surface area contributed by atoms with Gasteiger partial charge in [0, 0.05) is 24.6 Å². The van der Waals surface area contributed by atoms with Crippen molar-refractivity contribution in [3.8, 4) is 17.6 Å². The molecule has 2 aromatic rings. The highest BCUT2D eigenvalue weighted by molar-refractivity contribution is 6.57. The van der Waals surface area contributed by atoms with Crippen LogP contribution >= 0.6 is 0 Å². The Labute approximate surface area is 230 Å². The van der Waals surface area contributed by atoms with Crippen molar-refractivity contribution in [1.29, 1.82) is 5.26 Å². The molecule has 0 aliphatic carbocycles. The topological polar surface area (TPSA) is 172 Å². The predicted octanol–water partition coefficient (Wildman–Crippen LogP) is 5.16. The molecule has 2 atom stereocenters. The Kier molecular flexibility index (Phi) is 14.4. The quantitative estimate of drug-likeness (QED) is 0.0974. The minimum Gasteiger partial charge on any atom is -0.495 e. The van der Waals surface area contributed by atoms with E-state index in [0.29, 0.717) is 12.2 Å². The molecular formula is C25H32N4O8Si2. The van der Waals surface area contributed by atoms with Gasteiger partial charge in [0.2, 0.25) is 0 Å². The third kappa shape index (κ3) is 12.2. The van der Waals surface area contributed by atoms with Gasteiger partial charge in [0.15, 0.2) is 0 Å². The third-order valence-electron chi connectivity index (χ3n) is 5.18. The van der Waals surface area contributed by atoms with Crippen LogP contribution in [0.25, 0.3) is 0 Å². The van der Waals surface area contributed by atoms with E-state index in [0.717, 1.165) is 25.0 Å². The summed E-state index contributed by atoms with van der Waals surface area (Å²) in [7, 11) is -1.66. The molecule has 2 unspecified atom stereocenters. The summed E-state index contributed by atoms with van der Waals surface area (Å²) in [5.74, 6) is 0.900. The van der Waals surface area contributed by atoms with Gasteiger partial charge in [0.05, 0.1) is 50.9 Å². The van der Waals surface area contributed by atoms with Crippen molar-refractivity contribution in [2.75, 3.05) is 0 Å². The Bertz CT molecular complexity index is 1200. The zero-order valence-electron chi connectivity index (χ0n) is 22.1. The van der Waals surface area contributed by atoms with E-state index in [1.165, 1.54) is 18.2 Å². The lowest BCUT2D eigenvalue weighted by atomic mass is 10.2. The van der Waals surface area contributed by atoms with Crippen molar-refractivity contribution in [2.45, 2.75) is 50.7 Å². The molecule has 0 fully saturated rings. The van der Waals surface area contributed by atoms with Crippen LogP contribution in [0.15, 0.2) is 66.9 Å². The number of allylic oxidation sites excluding steroid dienone is 1. The molecule has 0 bridgehead atoms. The molecule has 0 aromatic heterocycles. The number of non-ortho nitro benzene ring substituents is 1. The van der Waals surface area contributed by atoms with Gasteiger partial charge in [-0.25, -0.2) is 0 Å². The monoisotopic (exact) mass is 572 g/mol. The Morgan fingerprint density at radius 3 is 2.13 bits per heavy atom. The summed E-state index contributed by atoms with van der Waals surface area (Å²) in [6.07, 6.45) is 6.19. The Hall–Kier alpha value is -4.36. The van der Waals surface area contributed by atoms with E-state index in [9.17, 15) is 30.3 Å². The summed E-state index contributed by atoms with van der Waals surface area (Å²) in [6, 6.07) is 11.8. The van der Waals surface area contributed by atoms with Crippen molar-refractivity contribution >= 4 is 35.4 Å². The van der Waals surface area contributed by atoms with Gasteiger partial charge < -0.3 is 9.47 Å². The summed E-state index contributed by atoms with van der Waals surface area (Å²) in [5, 5.41) is 40.4. The molecule has 0 heterocycles. The maximum Gasteiger partial charge on any atom is 0.349 e. The summed E-state index contributed by atoms with van der Waals surface area (Å²) in [5.41, 5.74) is 1.09. The average molecular weight is 573 g/mol. The molecule has 0 aliphatic heterocycles. The molecule has 0 amide bonds. The number of rotatable bonds is 14. The summed E-state index contributed by atoms with van der Waals surface area (Å²) in [4.78, 5) is 30.0. The van der Waals surface area contributed by atoms with E-state index in [-0.39, 0.29) is 22.9 Å². The number of unbranched alkanes of at least 4 members (excludes halogenated alkanes) is 2. The molecule has 0 saturated heterocycles. The molecule has 0 aliphatic rings. The number of benzene rings is 2. The molecule has 2 aromatic carbocycles. The predicted molar refractivity (Wildman–Crippen MR) is 154 cm³/mol. The zero-order chi connectivity index (χ0) is 29.4. The minimum absolute atomic E-state index is 0.0691. The van der Waals surface area contributed by atoms with Crippen molar-refractivity contribution < 1.29 is 24.2 Å². The van der Waals surface area contributed by atoms with E-state index in [1.807, 2.05) is 20.0 Å². The van der Waals surface area contributed by atoms with Crippen LogP contribution in [0.1, 0.15) is 26.2 Å². The van der Waals surface area contributed by atoms with Crippen LogP contribution in [0.4, 0.5) is 17.1 Å². The smallest absolute Gasteiger partial charge is 0.349 e. The zero-order valence-corrected chi connectivity index (χ0v) is 24.7. The highest BCUT2D eigenvalue weighted by Crippen LogP contribution is 2.31. The Morgan fingerprint density at radius 1 is 1.00 bits per heavy atom. The molecule has 208 valence electrons. The lowest BCUT2D eigenvalue weighted by Crippen LogP contribution is -2.28. The van der Waals surface area contributed by atoms with Crippen LogP contribution in [0.3, 0.4) is 0 Å². The Morgan fingerprint density at radius 2 is 1.62 bits per heavy atom. The van der Waals surface area contributed by atoms with Crippen LogP contribution in [0.5, 0.6) is 11.5 Å². The van der Waals surface area contributed by atoms with Crippen LogP contribution in [-0.4, -0.2) is 44.5 Å². The number of hydrogen-bond acceptors (Lipinski definition) is 9. The fourth-order valence-electron chi connectivity index (χ4n) is 3.12. The maximum absolute atomic E-state index is 10.8. The van der Waals surface area contributed by atoms with Gasteiger partial charge in [-0.3, -0.25) is 30.3 Å². The van der Waals surface area contributed by atoms with E-state index in [1.54, 1.807) is 18.2 Å². The molecule has 0 spiro atoms. The molecule has 12 nitrogen and oxygen atoms in total. The highest BCUT2D eigenvalue weighted by Gasteiger charge is 2.25. The molecule has 0 saturated carbocycles. The molecular weight excluding hydrogens is 540 g/mol. The first-order valence-corrected chi connectivity index (χ1v) is 16.8. The SMILES string of the molecule is C=CC(Oc1ccc([N+](=O)[O-])c([N+](=O)[O-])c1)[SiH](C)C.CC(Oc1ccc([N+](=O)[O-])cc1)[SiH2]C=CCCCC#N. The lowest BCUT2D eigenvalue weighted by Gasteiger charge is -2.17. The second kappa shape index (κ2) is 17.2. The van der Waals surface area contributed by atoms with Crippen molar-refractivity contribution in [3.05, 3.63) is 97.2 Å². The number of nitro groups is 3. The normalized spacial score (nSPS) is 12.3. The van der Waals surface area contributed by atoms with Gasteiger partial charge in [-0.05, 0) is 38.0 Å². The van der Waals surface area contributed by atoms with Gasteiger partial charge in [-0.2, -0.15) is 5.26 Å². The van der Waals surface area contributed by atoms with Gasteiger partial charge in [-0.15, -0.1) is 5.70 Å². The number of nitriles is 1. The average Bonchev–Trinajstić information content (AvgIpc) is 2.89. The number of nitro benzene ring substituents is 3. The van der Waals surface area contributed by atoms with Crippen LogP contribution < -0.4 is 9.47 Å². The first-order valence-electron chi connectivity index (χ1n) is 12.1. The van der Waals surface area contributed by atoms with E-state index < -0.39 is 44.5 Å². The van der Waals surface area contributed by atoms with E-state index in [2.05, 4.69) is 24.4 Å². The fourth-order valence-corrected chi connectivity index (χ4v) is 5.20. The Balaban J connectivity index is 0.000000391. The standard InChI is InChI=1S/C14H18N2O3Si.C11H14N2O5Si/c1-12(20-11-5-3-2-4-10-15)19-14-8-6-13(7-9-14)16(17)18;1-4-11(19(2)3)18-8-5-6-9(12(14)15)10(7-8)13(16)17/h5-9,11-12H,2-4,20H2,1H3;4-7,11,19H,1H2,2-3H3. The number of hydrogen-bond donors (Lipinski definition) is 0. The molecule has 39 heavy (non-hydrogen) atoms. The van der Waals surface area contributed by atoms with Crippen molar-refractivity contribution in [3.63, 3.8) is 0 Å². The van der Waals surface area contributed by atoms with Crippen LogP contribution in [0, 0.1) is 41.7 Å². The molecule has 2 rings (SSSR count). The van der Waals surface area contributed by atoms with Gasteiger partial charge >= 0.3 is 11.4 Å². The second-order valence-electron chi connectivity index (χ2n) is 8.66. The molecule has 14 heteroatoms. The number of ether oxygens (including phenoxy) is 2. The maximum atomic E-state index is 10.8. The summed E-state index contributed by atoms with van der Waals surface area (Å²) >= 11 is 0. The first kappa shape index (κ1) is 32.7. The summed E-state index contributed by atoms with van der Waals surface area (Å²) < 4.78 is 11.3. The highest BCUT2D eigenvalue weighted by atomic mass is 28.3. The minimum atomic E-state index is -1.17. The van der Waals surface area contributed by atoms with Crippen LogP contribution in [-0.2, 0) is 0 Å². The first-order chi connectivity index (χ1) is 18.5. The summed E-state index contributed by atoms with van der Waals surface area (Å²) in [6.45, 7) is 9.75. The van der Waals surface area contributed by atoms with Crippen molar-refractivity contribution in [1.82, 2.24) is 0 Å². The molecule has 0 N–H and O–H groups in total. The third-order valence-corrected chi connectivity index (χ3v) is 8.34. The largest absolute Gasteiger partial charge is 0.495 e. The van der Waals surface area contributed by atoms with Gasteiger partial charge in [0.1, 0.15) is 17.2 Å². The van der Waals surface area contributed by atoms with E-state index >= 15 is 0 Å². The fraction of sp³-hybridized carbons (Fsp3) is 0.320. The molecule has 0 radical (unpaired) electrons. The van der Waals surface area contributed by atoms with E-state index in [4.69, 9.17) is 14.7 Å². The number of nitrogens with zero attached hydrogens (tertiary/aromatic N) is 4. The second-order valence-corrected chi connectivity index (χ2v) is 13.9.